The maximum atomic E-state index is 12.5. The molecule has 1 amide bonds. The number of benzene rings is 1. The summed E-state index contributed by atoms with van der Waals surface area (Å²) in [5, 5.41) is 1.31. The molecule has 1 aliphatic heterocycles. The van der Waals surface area contributed by atoms with Gasteiger partial charge in [-0.1, -0.05) is 18.2 Å². The Bertz CT molecular complexity index is 838. The second-order valence-electron chi connectivity index (χ2n) is 6.25. The van der Waals surface area contributed by atoms with Gasteiger partial charge in [0, 0.05) is 30.2 Å². The summed E-state index contributed by atoms with van der Waals surface area (Å²) in [6.07, 6.45) is 5.73. The number of amides is 1. The monoisotopic (exact) mass is 308 g/mol. The van der Waals surface area contributed by atoms with E-state index in [0.29, 0.717) is 17.2 Å². The van der Waals surface area contributed by atoms with Gasteiger partial charge in [0.15, 0.2) is 0 Å². The molecule has 1 saturated heterocycles. The minimum Gasteiger partial charge on any atom is -0.469 e. The number of rotatable bonds is 2. The number of para-hydroxylation sites is 1. The van der Waals surface area contributed by atoms with Crippen molar-refractivity contribution < 1.29 is 9.21 Å². The topological polar surface area (TPSA) is 49.2 Å². The Morgan fingerprint density at radius 3 is 2.74 bits per heavy atom. The lowest BCUT2D eigenvalue weighted by molar-refractivity contribution is 0.0711. The van der Waals surface area contributed by atoms with Gasteiger partial charge >= 0.3 is 0 Å². The molecule has 0 saturated carbocycles. The SMILES string of the molecule is Cc1occc1C(=O)N1CCC(c2c[nH]c3ccccc23)CC1. The number of nitrogens with one attached hydrogen (secondary N) is 1. The van der Waals surface area contributed by atoms with Crippen molar-refractivity contribution in [3.63, 3.8) is 0 Å². The van der Waals surface area contributed by atoms with Crippen LogP contribution in [-0.2, 0) is 0 Å². The van der Waals surface area contributed by atoms with Crippen molar-refractivity contribution >= 4 is 16.8 Å². The summed E-state index contributed by atoms with van der Waals surface area (Å²) in [5.74, 6) is 1.31. The first-order valence-electron chi connectivity index (χ1n) is 8.13. The van der Waals surface area contributed by atoms with E-state index in [1.54, 1.807) is 12.3 Å². The third kappa shape index (κ3) is 2.44. The largest absolute Gasteiger partial charge is 0.469 e. The summed E-state index contributed by atoms with van der Waals surface area (Å²) in [7, 11) is 0. The zero-order valence-electron chi connectivity index (χ0n) is 13.2. The number of aromatic amines is 1. The second-order valence-corrected chi connectivity index (χ2v) is 6.25. The molecule has 4 nitrogen and oxygen atoms in total. The summed E-state index contributed by atoms with van der Waals surface area (Å²) in [5.41, 5.74) is 3.26. The van der Waals surface area contributed by atoms with Gasteiger partial charge in [-0.15, -0.1) is 0 Å². The van der Waals surface area contributed by atoms with Crippen LogP contribution in [0.25, 0.3) is 10.9 Å². The van der Waals surface area contributed by atoms with Crippen LogP contribution in [0.2, 0.25) is 0 Å². The normalized spacial score (nSPS) is 16.1. The number of nitrogens with zero attached hydrogens (tertiary/aromatic N) is 1. The maximum Gasteiger partial charge on any atom is 0.257 e. The van der Waals surface area contributed by atoms with E-state index < -0.39 is 0 Å². The number of hydrogen-bond acceptors (Lipinski definition) is 2. The fourth-order valence-corrected chi connectivity index (χ4v) is 3.60. The number of aromatic nitrogens is 1. The molecule has 2 aromatic heterocycles. The molecular formula is C19H20N2O2. The lowest BCUT2D eigenvalue weighted by atomic mass is 9.89. The third-order valence-corrected chi connectivity index (χ3v) is 4.93. The van der Waals surface area contributed by atoms with Crippen molar-refractivity contribution in [3.05, 3.63) is 59.7 Å². The Labute approximate surface area is 135 Å². The molecule has 1 aromatic carbocycles. The Kier molecular flexibility index (Phi) is 3.45. The molecule has 0 unspecified atom stereocenters. The molecule has 1 N–H and O–H groups in total. The van der Waals surface area contributed by atoms with Crippen LogP contribution in [0.1, 0.15) is 40.4 Å². The van der Waals surface area contributed by atoms with E-state index in [2.05, 4.69) is 35.4 Å². The van der Waals surface area contributed by atoms with E-state index in [-0.39, 0.29) is 5.91 Å². The molecule has 118 valence electrons. The number of carbonyl (C=O) groups excluding carboxylic acids is 1. The first-order valence-corrected chi connectivity index (χ1v) is 8.13. The van der Waals surface area contributed by atoms with Crippen molar-refractivity contribution in [3.8, 4) is 0 Å². The first kappa shape index (κ1) is 14.1. The highest BCUT2D eigenvalue weighted by Gasteiger charge is 2.27. The minimum atomic E-state index is 0.0913. The summed E-state index contributed by atoms with van der Waals surface area (Å²) in [6.45, 7) is 3.44. The third-order valence-electron chi connectivity index (χ3n) is 4.93. The highest BCUT2D eigenvalue weighted by molar-refractivity contribution is 5.95. The fraction of sp³-hybridized carbons (Fsp3) is 0.316. The summed E-state index contributed by atoms with van der Waals surface area (Å²) < 4.78 is 5.25. The summed E-state index contributed by atoms with van der Waals surface area (Å²) in [6, 6.07) is 10.2. The molecule has 4 heteroatoms. The average molecular weight is 308 g/mol. The van der Waals surface area contributed by atoms with Gasteiger partial charge < -0.3 is 14.3 Å². The quantitative estimate of drug-likeness (QED) is 0.775. The van der Waals surface area contributed by atoms with Crippen LogP contribution in [-0.4, -0.2) is 28.9 Å². The van der Waals surface area contributed by atoms with Crippen LogP contribution in [0.3, 0.4) is 0 Å². The van der Waals surface area contributed by atoms with Crippen LogP contribution in [0, 0.1) is 6.92 Å². The van der Waals surface area contributed by atoms with Gasteiger partial charge in [0.05, 0.1) is 11.8 Å². The smallest absolute Gasteiger partial charge is 0.257 e. The van der Waals surface area contributed by atoms with Crippen molar-refractivity contribution in [2.75, 3.05) is 13.1 Å². The lowest BCUT2D eigenvalue weighted by Gasteiger charge is -2.32. The van der Waals surface area contributed by atoms with E-state index in [9.17, 15) is 4.79 Å². The molecule has 0 bridgehead atoms. The minimum absolute atomic E-state index is 0.0913. The molecule has 0 aliphatic carbocycles. The number of H-pyrrole nitrogens is 1. The Hall–Kier alpha value is -2.49. The Balaban J connectivity index is 1.49. The number of fused-ring (bicyclic) bond motifs is 1. The highest BCUT2D eigenvalue weighted by Crippen LogP contribution is 2.33. The number of aryl methyl sites for hydroxylation is 1. The van der Waals surface area contributed by atoms with Gasteiger partial charge in [-0.25, -0.2) is 0 Å². The number of hydrogen-bond donors (Lipinski definition) is 1. The fourth-order valence-electron chi connectivity index (χ4n) is 3.60. The maximum absolute atomic E-state index is 12.5. The molecule has 23 heavy (non-hydrogen) atoms. The standard InChI is InChI=1S/C19H20N2O2/c1-13-15(8-11-23-13)19(22)21-9-6-14(7-10-21)17-12-20-18-5-3-2-4-16(17)18/h2-5,8,11-12,14,20H,6-7,9-10H2,1H3. The highest BCUT2D eigenvalue weighted by atomic mass is 16.3. The average Bonchev–Trinajstić information content (AvgIpc) is 3.20. The first-order chi connectivity index (χ1) is 11.2. The molecular weight excluding hydrogens is 288 g/mol. The molecule has 1 aliphatic rings. The van der Waals surface area contributed by atoms with Gasteiger partial charge in [-0.3, -0.25) is 4.79 Å². The molecule has 3 heterocycles. The summed E-state index contributed by atoms with van der Waals surface area (Å²) >= 11 is 0. The van der Waals surface area contributed by atoms with Crippen LogP contribution in [0.5, 0.6) is 0 Å². The van der Waals surface area contributed by atoms with E-state index in [1.807, 2.05) is 11.8 Å². The Morgan fingerprint density at radius 1 is 1.22 bits per heavy atom. The van der Waals surface area contributed by atoms with E-state index in [0.717, 1.165) is 25.9 Å². The molecule has 0 radical (unpaired) electrons. The van der Waals surface area contributed by atoms with Crippen molar-refractivity contribution in [2.24, 2.45) is 0 Å². The van der Waals surface area contributed by atoms with Crippen LogP contribution < -0.4 is 0 Å². The zero-order chi connectivity index (χ0) is 15.8. The van der Waals surface area contributed by atoms with Gasteiger partial charge in [0.2, 0.25) is 0 Å². The van der Waals surface area contributed by atoms with Gasteiger partial charge in [0.25, 0.3) is 5.91 Å². The number of piperidine rings is 1. The number of furan rings is 1. The van der Waals surface area contributed by atoms with Gasteiger partial charge in [0.1, 0.15) is 5.76 Å². The van der Waals surface area contributed by atoms with Crippen molar-refractivity contribution in [1.82, 2.24) is 9.88 Å². The molecule has 3 aromatic rings. The number of carbonyl (C=O) groups is 1. The lowest BCUT2D eigenvalue weighted by Crippen LogP contribution is -2.38. The van der Waals surface area contributed by atoms with Gasteiger partial charge in [-0.05, 0) is 43.4 Å². The summed E-state index contributed by atoms with van der Waals surface area (Å²) in [4.78, 5) is 17.9. The number of likely N-dealkylation sites (tertiary alicyclic amines) is 1. The van der Waals surface area contributed by atoms with Crippen molar-refractivity contribution in [1.29, 1.82) is 0 Å². The van der Waals surface area contributed by atoms with E-state index >= 15 is 0 Å². The van der Waals surface area contributed by atoms with E-state index in [4.69, 9.17) is 4.42 Å². The van der Waals surface area contributed by atoms with E-state index in [1.165, 1.54) is 16.5 Å². The van der Waals surface area contributed by atoms with Gasteiger partial charge in [-0.2, -0.15) is 0 Å². The zero-order valence-corrected chi connectivity index (χ0v) is 13.2. The Morgan fingerprint density at radius 2 is 2.00 bits per heavy atom. The van der Waals surface area contributed by atoms with Crippen molar-refractivity contribution in [2.45, 2.75) is 25.7 Å². The predicted molar refractivity (Wildman–Crippen MR) is 89.6 cm³/mol. The second kappa shape index (κ2) is 5.61. The molecule has 4 rings (SSSR count). The van der Waals surface area contributed by atoms with Crippen LogP contribution in [0.4, 0.5) is 0 Å². The molecule has 0 atom stereocenters. The molecule has 1 fully saturated rings. The molecule has 0 spiro atoms. The van der Waals surface area contributed by atoms with Crippen LogP contribution >= 0.6 is 0 Å². The van der Waals surface area contributed by atoms with Crippen LogP contribution in [0.15, 0.2) is 47.2 Å². The predicted octanol–water partition coefficient (Wildman–Crippen LogP) is 4.09.